The maximum atomic E-state index is 5.85. The van der Waals surface area contributed by atoms with E-state index in [-0.39, 0.29) is 0 Å². The van der Waals surface area contributed by atoms with Crippen LogP contribution in [-0.2, 0) is 0 Å². The molecule has 4 nitrogen and oxygen atoms in total. The Hall–Kier alpha value is -2.36. The number of rotatable bonds is 3. The van der Waals surface area contributed by atoms with Gasteiger partial charge in [0, 0.05) is 24.5 Å². The van der Waals surface area contributed by atoms with Gasteiger partial charge < -0.3 is 10.6 Å². The number of azo groups is 1. The Morgan fingerprint density at radius 2 is 1.48 bits per heavy atom. The van der Waals surface area contributed by atoms with Crippen LogP contribution in [0.1, 0.15) is 30.4 Å². The Morgan fingerprint density at radius 3 is 2.09 bits per heavy atom. The quantitative estimate of drug-likeness (QED) is 0.618. The number of aryl methyl sites for hydroxylation is 2. The molecule has 2 aromatic rings. The first kappa shape index (κ1) is 15.5. The topological polar surface area (TPSA) is 54.0 Å². The SMILES string of the molecule is Cc1cc(N)cc(C)c1N=Nc1ccc(N2CCCCC2)cc1. The first-order chi connectivity index (χ1) is 11.1. The molecule has 1 fully saturated rings. The zero-order valence-corrected chi connectivity index (χ0v) is 13.9. The largest absolute Gasteiger partial charge is 0.399 e. The molecule has 2 aromatic carbocycles. The molecule has 0 spiro atoms. The van der Waals surface area contributed by atoms with Crippen LogP contribution in [-0.4, -0.2) is 13.1 Å². The molecule has 0 unspecified atom stereocenters. The second-order valence-corrected chi connectivity index (χ2v) is 6.27. The monoisotopic (exact) mass is 308 g/mol. The van der Waals surface area contributed by atoms with Gasteiger partial charge in [-0.05, 0) is 80.6 Å². The molecular formula is C19H24N4. The van der Waals surface area contributed by atoms with Crippen molar-refractivity contribution in [3.05, 3.63) is 47.5 Å². The molecule has 0 aliphatic carbocycles. The number of anilines is 2. The third-order valence-corrected chi connectivity index (χ3v) is 4.35. The average Bonchev–Trinajstić information content (AvgIpc) is 2.55. The molecule has 23 heavy (non-hydrogen) atoms. The zero-order chi connectivity index (χ0) is 16.2. The van der Waals surface area contributed by atoms with Crippen LogP contribution >= 0.6 is 0 Å². The van der Waals surface area contributed by atoms with Crippen LogP contribution in [0.25, 0.3) is 0 Å². The highest BCUT2D eigenvalue weighted by atomic mass is 15.1. The molecule has 1 heterocycles. The van der Waals surface area contributed by atoms with E-state index >= 15 is 0 Å². The van der Waals surface area contributed by atoms with Gasteiger partial charge in [0.25, 0.3) is 0 Å². The minimum absolute atomic E-state index is 0.768. The molecule has 1 aliphatic heterocycles. The molecular weight excluding hydrogens is 284 g/mol. The van der Waals surface area contributed by atoms with Crippen molar-refractivity contribution >= 4 is 22.7 Å². The van der Waals surface area contributed by atoms with Gasteiger partial charge in [0.1, 0.15) is 0 Å². The lowest BCUT2D eigenvalue weighted by molar-refractivity contribution is 0.578. The van der Waals surface area contributed by atoms with E-state index in [0.29, 0.717) is 0 Å². The molecule has 1 aliphatic rings. The van der Waals surface area contributed by atoms with E-state index in [1.165, 1.54) is 24.9 Å². The summed E-state index contributed by atoms with van der Waals surface area (Å²) in [7, 11) is 0. The summed E-state index contributed by atoms with van der Waals surface area (Å²) in [6.45, 7) is 6.34. The number of hydrogen-bond donors (Lipinski definition) is 1. The van der Waals surface area contributed by atoms with Crippen molar-refractivity contribution in [2.24, 2.45) is 10.2 Å². The summed E-state index contributed by atoms with van der Waals surface area (Å²) in [6, 6.07) is 12.2. The lowest BCUT2D eigenvalue weighted by Gasteiger charge is -2.28. The third-order valence-electron chi connectivity index (χ3n) is 4.35. The normalized spacial score (nSPS) is 15.3. The highest BCUT2D eigenvalue weighted by molar-refractivity contribution is 5.60. The molecule has 0 atom stereocenters. The Balaban J connectivity index is 1.75. The van der Waals surface area contributed by atoms with Crippen LogP contribution in [0.2, 0.25) is 0 Å². The number of piperidine rings is 1. The maximum absolute atomic E-state index is 5.85. The molecule has 0 amide bonds. The molecule has 0 aromatic heterocycles. The minimum atomic E-state index is 0.768. The van der Waals surface area contributed by atoms with Gasteiger partial charge in [-0.15, -0.1) is 0 Å². The van der Waals surface area contributed by atoms with Gasteiger partial charge in [-0.25, -0.2) is 0 Å². The predicted octanol–water partition coefficient (Wildman–Crippen LogP) is 5.29. The lowest BCUT2D eigenvalue weighted by atomic mass is 10.1. The van der Waals surface area contributed by atoms with Crippen LogP contribution in [0, 0.1) is 13.8 Å². The highest BCUT2D eigenvalue weighted by Gasteiger charge is 2.10. The molecule has 0 radical (unpaired) electrons. The van der Waals surface area contributed by atoms with Gasteiger partial charge in [-0.3, -0.25) is 0 Å². The van der Waals surface area contributed by atoms with Crippen LogP contribution in [0.5, 0.6) is 0 Å². The summed E-state index contributed by atoms with van der Waals surface area (Å²) in [5.74, 6) is 0. The Labute approximate surface area is 138 Å². The fraction of sp³-hybridized carbons (Fsp3) is 0.368. The summed E-state index contributed by atoms with van der Waals surface area (Å²) >= 11 is 0. The average molecular weight is 308 g/mol. The fourth-order valence-electron chi connectivity index (χ4n) is 3.14. The molecule has 0 bridgehead atoms. The van der Waals surface area contributed by atoms with E-state index in [1.54, 1.807) is 0 Å². The van der Waals surface area contributed by atoms with E-state index in [4.69, 9.17) is 5.73 Å². The van der Waals surface area contributed by atoms with E-state index < -0.39 is 0 Å². The van der Waals surface area contributed by atoms with Crippen molar-refractivity contribution in [3.63, 3.8) is 0 Å². The fourth-order valence-corrected chi connectivity index (χ4v) is 3.14. The number of nitrogens with two attached hydrogens (primary N) is 1. The second kappa shape index (κ2) is 6.82. The van der Waals surface area contributed by atoms with Gasteiger partial charge in [0.2, 0.25) is 0 Å². The Morgan fingerprint density at radius 1 is 0.870 bits per heavy atom. The van der Waals surface area contributed by atoms with Crippen molar-refractivity contribution in [1.29, 1.82) is 0 Å². The van der Waals surface area contributed by atoms with Crippen LogP contribution in [0.3, 0.4) is 0 Å². The summed E-state index contributed by atoms with van der Waals surface area (Å²) in [5, 5.41) is 8.79. The van der Waals surface area contributed by atoms with E-state index in [1.807, 2.05) is 38.1 Å². The number of hydrogen-bond acceptors (Lipinski definition) is 4. The molecule has 3 rings (SSSR count). The van der Waals surface area contributed by atoms with Crippen LogP contribution in [0.4, 0.5) is 22.7 Å². The molecule has 2 N–H and O–H groups in total. The second-order valence-electron chi connectivity index (χ2n) is 6.27. The standard InChI is InChI=1S/C19H24N4/c1-14-12-16(20)13-15(2)19(14)22-21-17-6-8-18(9-7-17)23-10-4-3-5-11-23/h6-9,12-13H,3-5,10-11,20H2,1-2H3. The van der Waals surface area contributed by atoms with Crippen molar-refractivity contribution in [3.8, 4) is 0 Å². The lowest BCUT2D eigenvalue weighted by Crippen LogP contribution is -2.29. The van der Waals surface area contributed by atoms with Crippen LogP contribution in [0.15, 0.2) is 46.6 Å². The molecule has 120 valence electrons. The van der Waals surface area contributed by atoms with E-state index in [2.05, 4.69) is 27.3 Å². The first-order valence-electron chi connectivity index (χ1n) is 8.27. The van der Waals surface area contributed by atoms with E-state index in [9.17, 15) is 0 Å². The first-order valence-corrected chi connectivity index (χ1v) is 8.27. The van der Waals surface area contributed by atoms with Crippen molar-refractivity contribution in [2.45, 2.75) is 33.1 Å². The summed E-state index contributed by atoms with van der Waals surface area (Å²) in [4.78, 5) is 2.44. The molecule has 0 saturated carbocycles. The van der Waals surface area contributed by atoms with Crippen molar-refractivity contribution in [1.82, 2.24) is 0 Å². The highest BCUT2D eigenvalue weighted by Crippen LogP contribution is 2.29. The Kier molecular flexibility index (Phi) is 4.60. The van der Waals surface area contributed by atoms with Gasteiger partial charge in [-0.2, -0.15) is 10.2 Å². The van der Waals surface area contributed by atoms with Gasteiger partial charge in [0.15, 0.2) is 0 Å². The summed E-state index contributed by atoms with van der Waals surface area (Å²) in [6.07, 6.45) is 3.93. The molecule has 1 saturated heterocycles. The minimum Gasteiger partial charge on any atom is -0.399 e. The smallest absolute Gasteiger partial charge is 0.0916 e. The molecule has 4 heteroatoms. The third kappa shape index (κ3) is 3.70. The summed E-state index contributed by atoms with van der Waals surface area (Å²) in [5.41, 5.74) is 11.8. The van der Waals surface area contributed by atoms with E-state index in [0.717, 1.165) is 41.3 Å². The van der Waals surface area contributed by atoms with Crippen LogP contribution < -0.4 is 10.6 Å². The maximum Gasteiger partial charge on any atom is 0.0916 e. The van der Waals surface area contributed by atoms with Gasteiger partial charge >= 0.3 is 0 Å². The van der Waals surface area contributed by atoms with Gasteiger partial charge in [-0.1, -0.05) is 0 Å². The Bertz CT molecular complexity index is 675. The number of benzene rings is 2. The summed E-state index contributed by atoms with van der Waals surface area (Å²) < 4.78 is 0. The zero-order valence-electron chi connectivity index (χ0n) is 13.9. The number of nitrogen functional groups attached to an aromatic ring is 1. The van der Waals surface area contributed by atoms with Crippen molar-refractivity contribution < 1.29 is 0 Å². The van der Waals surface area contributed by atoms with Crippen molar-refractivity contribution in [2.75, 3.05) is 23.7 Å². The van der Waals surface area contributed by atoms with Gasteiger partial charge in [0.05, 0.1) is 11.4 Å². The predicted molar refractivity (Wildman–Crippen MR) is 97.0 cm³/mol. The number of nitrogens with zero attached hydrogens (tertiary/aromatic N) is 3.